The van der Waals surface area contributed by atoms with Gasteiger partial charge in [0.05, 0.1) is 6.04 Å². The van der Waals surface area contributed by atoms with Crippen LogP contribution in [0.5, 0.6) is 0 Å². The van der Waals surface area contributed by atoms with E-state index < -0.39 is 18.1 Å². The molecular weight excluding hydrogens is 338 g/mol. The van der Waals surface area contributed by atoms with Crippen LogP contribution in [0.3, 0.4) is 0 Å². The van der Waals surface area contributed by atoms with E-state index in [0.717, 1.165) is 16.7 Å². The van der Waals surface area contributed by atoms with Gasteiger partial charge >= 0.3 is 5.97 Å². The number of aliphatic carboxylic acids is 1. The summed E-state index contributed by atoms with van der Waals surface area (Å²) >= 11 is 0. The Bertz CT molecular complexity index is 796. The predicted octanol–water partition coefficient (Wildman–Crippen LogP) is 3.88. The quantitative estimate of drug-likeness (QED) is 0.639. The molecular formula is C23H23NO3. The first kappa shape index (κ1) is 18.8. The molecule has 0 aliphatic heterocycles. The number of aliphatic hydroxyl groups excluding tert-OH is 1. The van der Waals surface area contributed by atoms with Crippen molar-refractivity contribution >= 4 is 5.97 Å². The van der Waals surface area contributed by atoms with Crippen molar-refractivity contribution in [1.82, 2.24) is 4.90 Å². The molecule has 0 saturated carbocycles. The van der Waals surface area contributed by atoms with Gasteiger partial charge in [-0.05, 0) is 16.7 Å². The third kappa shape index (κ3) is 5.03. The monoisotopic (exact) mass is 361 g/mol. The summed E-state index contributed by atoms with van der Waals surface area (Å²) in [6.07, 6.45) is -1.53. The van der Waals surface area contributed by atoms with E-state index in [9.17, 15) is 15.0 Å². The number of rotatable bonds is 8. The second kappa shape index (κ2) is 9.12. The Morgan fingerprint density at radius 2 is 1.15 bits per heavy atom. The van der Waals surface area contributed by atoms with Crippen LogP contribution in [0.1, 0.15) is 22.7 Å². The lowest BCUT2D eigenvalue weighted by molar-refractivity contribution is -0.151. The van der Waals surface area contributed by atoms with Crippen molar-refractivity contribution in [3.63, 3.8) is 0 Å². The van der Waals surface area contributed by atoms with Gasteiger partial charge in [-0.2, -0.15) is 0 Å². The van der Waals surface area contributed by atoms with Crippen LogP contribution in [0, 0.1) is 0 Å². The highest BCUT2D eigenvalue weighted by molar-refractivity contribution is 5.73. The number of carbonyl (C=O) groups is 1. The van der Waals surface area contributed by atoms with E-state index in [1.54, 1.807) is 0 Å². The number of carboxylic acids is 1. The predicted molar refractivity (Wildman–Crippen MR) is 105 cm³/mol. The number of hydrogen-bond acceptors (Lipinski definition) is 3. The molecule has 3 rings (SSSR count). The van der Waals surface area contributed by atoms with E-state index in [4.69, 9.17) is 0 Å². The average molecular weight is 361 g/mol. The molecule has 4 nitrogen and oxygen atoms in total. The van der Waals surface area contributed by atoms with E-state index >= 15 is 0 Å². The van der Waals surface area contributed by atoms with E-state index in [2.05, 4.69) is 0 Å². The van der Waals surface area contributed by atoms with Crippen molar-refractivity contribution in [2.45, 2.75) is 25.2 Å². The first-order valence-corrected chi connectivity index (χ1v) is 8.93. The van der Waals surface area contributed by atoms with E-state index in [1.807, 2.05) is 95.9 Å². The number of nitrogens with zero attached hydrogens (tertiary/aromatic N) is 1. The molecule has 27 heavy (non-hydrogen) atoms. The van der Waals surface area contributed by atoms with Gasteiger partial charge in [0.2, 0.25) is 0 Å². The summed E-state index contributed by atoms with van der Waals surface area (Å²) in [6, 6.07) is 28.4. The van der Waals surface area contributed by atoms with E-state index in [-0.39, 0.29) is 0 Å². The zero-order valence-corrected chi connectivity index (χ0v) is 15.0. The van der Waals surface area contributed by atoms with Crippen molar-refractivity contribution in [2.24, 2.45) is 0 Å². The topological polar surface area (TPSA) is 60.8 Å². The molecule has 0 spiro atoms. The van der Waals surface area contributed by atoms with Crippen LogP contribution < -0.4 is 0 Å². The molecule has 138 valence electrons. The number of aliphatic hydroxyl groups is 1. The first-order chi connectivity index (χ1) is 13.1. The van der Waals surface area contributed by atoms with Crippen LogP contribution in [-0.2, 0) is 17.9 Å². The van der Waals surface area contributed by atoms with Gasteiger partial charge in [0.25, 0.3) is 0 Å². The summed E-state index contributed by atoms with van der Waals surface area (Å²) in [5.74, 6) is -1.23. The highest BCUT2D eigenvalue weighted by Gasteiger charge is 2.32. The van der Waals surface area contributed by atoms with Gasteiger partial charge < -0.3 is 10.2 Å². The highest BCUT2D eigenvalue weighted by Crippen LogP contribution is 2.28. The minimum atomic E-state index is -1.53. The molecule has 0 radical (unpaired) electrons. The lowest BCUT2D eigenvalue weighted by Crippen LogP contribution is -2.40. The van der Waals surface area contributed by atoms with Crippen molar-refractivity contribution in [2.75, 3.05) is 0 Å². The normalized spacial score (nSPS) is 13.3. The molecule has 0 saturated heterocycles. The Kier molecular flexibility index (Phi) is 6.36. The minimum absolute atomic E-state index is 0.527. The van der Waals surface area contributed by atoms with Crippen LogP contribution in [0.4, 0.5) is 0 Å². The maximum atomic E-state index is 11.6. The lowest BCUT2D eigenvalue weighted by Gasteiger charge is -2.34. The Hall–Kier alpha value is -2.95. The summed E-state index contributed by atoms with van der Waals surface area (Å²) in [7, 11) is 0. The molecule has 0 heterocycles. The maximum absolute atomic E-state index is 11.6. The molecule has 0 bridgehead atoms. The molecule has 3 aromatic rings. The molecule has 0 amide bonds. The Morgan fingerprint density at radius 3 is 1.56 bits per heavy atom. The Labute approximate surface area is 159 Å². The molecule has 3 aromatic carbocycles. The molecule has 0 aliphatic rings. The molecule has 0 fully saturated rings. The van der Waals surface area contributed by atoms with Crippen molar-refractivity contribution in [3.8, 4) is 0 Å². The van der Waals surface area contributed by atoms with Crippen molar-refractivity contribution in [1.29, 1.82) is 0 Å². The molecule has 0 aliphatic carbocycles. The van der Waals surface area contributed by atoms with Gasteiger partial charge in [-0.15, -0.1) is 0 Å². The van der Waals surface area contributed by atoms with Crippen LogP contribution >= 0.6 is 0 Å². The standard InChI is InChI=1S/C23H23NO3/c25-22(23(26)27)21(20-14-8-3-9-15-20)24(16-18-10-4-1-5-11-18)17-19-12-6-2-7-13-19/h1-15,21-22,25H,16-17H2,(H,26,27)/t21-,22+/m0/s1. The summed E-state index contributed by atoms with van der Waals surface area (Å²) in [5.41, 5.74) is 2.90. The lowest BCUT2D eigenvalue weighted by atomic mass is 9.98. The van der Waals surface area contributed by atoms with Gasteiger partial charge in [-0.3, -0.25) is 4.90 Å². The Morgan fingerprint density at radius 1 is 0.741 bits per heavy atom. The van der Waals surface area contributed by atoms with Gasteiger partial charge in [0.1, 0.15) is 0 Å². The number of benzene rings is 3. The molecule has 0 unspecified atom stereocenters. The third-order valence-corrected chi connectivity index (χ3v) is 4.54. The van der Waals surface area contributed by atoms with Crippen molar-refractivity contribution < 1.29 is 15.0 Å². The number of hydrogen-bond donors (Lipinski definition) is 2. The summed E-state index contributed by atoms with van der Waals surface area (Å²) in [4.78, 5) is 13.7. The van der Waals surface area contributed by atoms with Crippen LogP contribution in [-0.4, -0.2) is 27.2 Å². The van der Waals surface area contributed by atoms with Crippen molar-refractivity contribution in [3.05, 3.63) is 108 Å². The second-order valence-corrected chi connectivity index (χ2v) is 6.51. The summed E-state index contributed by atoms with van der Waals surface area (Å²) in [5, 5.41) is 20.0. The van der Waals surface area contributed by atoms with Crippen LogP contribution in [0.2, 0.25) is 0 Å². The third-order valence-electron chi connectivity index (χ3n) is 4.54. The summed E-state index contributed by atoms with van der Waals surface area (Å²) in [6.45, 7) is 1.05. The van der Waals surface area contributed by atoms with Gasteiger partial charge in [0, 0.05) is 13.1 Å². The zero-order valence-electron chi connectivity index (χ0n) is 15.0. The smallest absolute Gasteiger partial charge is 0.334 e. The van der Waals surface area contributed by atoms with E-state index in [0.29, 0.717) is 13.1 Å². The fourth-order valence-electron chi connectivity index (χ4n) is 3.27. The average Bonchev–Trinajstić information content (AvgIpc) is 2.70. The Balaban J connectivity index is 1.99. The van der Waals surface area contributed by atoms with Crippen LogP contribution in [0.25, 0.3) is 0 Å². The van der Waals surface area contributed by atoms with Gasteiger partial charge in [-0.25, -0.2) is 4.79 Å². The summed E-state index contributed by atoms with van der Waals surface area (Å²) < 4.78 is 0. The fourth-order valence-corrected chi connectivity index (χ4v) is 3.27. The molecule has 4 heteroatoms. The van der Waals surface area contributed by atoms with Crippen LogP contribution in [0.15, 0.2) is 91.0 Å². The second-order valence-electron chi connectivity index (χ2n) is 6.51. The molecule has 2 N–H and O–H groups in total. The molecule has 0 aromatic heterocycles. The minimum Gasteiger partial charge on any atom is -0.479 e. The zero-order chi connectivity index (χ0) is 19.1. The van der Waals surface area contributed by atoms with Gasteiger partial charge in [0.15, 0.2) is 6.10 Å². The number of carboxylic acid groups (broad SMARTS) is 1. The highest BCUT2D eigenvalue weighted by atomic mass is 16.4. The maximum Gasteiger partial charge on any atom is 0.334 e. The molecule has 2 atom stereocenters. The largest absolute Gasteiger partial charge is 0.479 e. The van der Waals surface area contributed by atoms with Gasteiger partial charge in [-0.1, -0.05) is 91.0 Å². The van der Waals surface area contributed by atoms with E-state index in [1.165, 1.54) is 0 Å². The fraction of sp³-hybridized carbons (Fsp3) is 0.174. The first-order valence-electron chi connectivity index (χ1n) is 8.93. The SMILES string of the molecule is O=C(O)[C@H](O)[C@H](c1ccccc1)N(Cc1ccccc1)Cc1ccccc1.